The Morgan fingerprint density at radius 1 is 1.12 bits per heavy atom. The van der Waals surface area contributed by atoms with Crippen LogP contribution in [-0.4, -0.2) is 23.3 Å². The number of carbonyl (C=O) groups excluding carboxylic acids is 2. The maximum atomic E-state index is 12.8. The second kappa shape index (κ2) is 7.38. The Kier molecular flexibility index (Phi) is 4.80. The fourth-order valence-electron chi connectivity index (χ4n) is 3.47. The van der Waals surface area contributed by atoms with Crippen LogP contribution in [0.4, 0.5) is 0 Å². The van der Waals surface area contributed by atoms with E-state index in [1.54, 1.807) is 0 Å². The summed E-state index contributed by atoms with van der Waals surface area (Å²) in [5.41, 5.74) is 3.55. The van der Waals surface area contributed by atoms with Crippen LogP contribution in [0.2, 0.25) is 0 Å². The topological polar surface area (TPSA) is 56.3 Å². The van der Waals surface area contributed by atoms with E-state index in [2.05, 4.69) is 0 Å². The van der Waals surface area contributed by atoms with Crippen molar-refractivity contribution in [2.24, 2.45) is 0 Å². The number of ether oxygens (including phenoxy) is 1. The van der Waals surface area contributed by atoms with Crippen LogP contribution in [0, 0.1) is 0 Å². The van der Waals surface area contributed by atoms with Crippen LogP contribution in [0.25, 0.3) is 10.9 Å². The first-order valence-electron chi connectivity index (χ1n) is 8.88. The number of esters is 1. The monoisotopic (exact) mass is 365 g/mol. The maximum absolute atomic E-state index is 12.8. The molecular weight excluding hydrogens is 346 g/mol. The van der Waals surface area contributed by atoms with Crippen LogP contribution >= 0.6 is 11.3 Å². The molecule has 2 heterocycles. The Hall–Kier alpha value is -2.53. The third kappa shape index (κ3) is 3.27. The van der Waals surface area contributed by atoms with Crippen LogP contribution in [0.1, 0.15) is 50.5 Å². The predicted molar refractivity (Wildman–Crippen MR) is 102 cm³/mol. The fourth-order valence-corrected chi connectivity index (χ4v) is 4.17. The van der Waals surface area contributed by atoms with Gasteiger partial charge in [0.15, 0.2) is 5.78 Å². The Balaban J connectivity index is 1.46. The van der Waals surface area contributed by atoms with Gasteiger partial charge in [0, 0.05) is 17.5 Å². The zero-order valence-corrected chi connectivity index (χ0v) is 15.2. The first kappa shape index (κ1) is 16.9. The summed E-state index contributed by atoms with van der Waals surface area (Å²) in [6, 6.07) is 11.4. The van der Waals surface area contributed by atoms with E-state index in [0.717, 1.165) is 46.3 Å². The summed E-state index contributed by atoms with van der Waals surface area (Å²) in [4.78, 5) is 30.2. The maximum Gasteiger partial charge on any atom is 0.339 e. The van der Waals surface area contributed by atoms with Gasteiger partial charge in [-0.1, -0.05) is 24.3 Å². The van der Waals surface area contributed by atoms with Gasteiger partial charge in [-0.2, -0.15) is 0 Å². The molecule has 3 aromatic rings. The minimum absolute atomic E-state index is 0.103. The third-order valence-corrected chi connectivity index (χ3v) is 5.61. The third-order valence-electron chi connectivity index (χ3n) is 4.70. The van der Waals surface area contributed by atoms with E-state index in [4.69, 9.17) is 9.72 Å². The fraction of sp³-hybridized carbons (Fsp3) is 0.286. The number of nitrogens with zero attached hydrogens (tertiary/aromatic N) is 1. The second-order valence-corrected chi connectivity index (χ2v) is 7.37. The molecule has 0 unspecified atom stereocenters. The number of hydrogen-bond donors (Lipinski definition) is 0. The van der Waals surface area contributed by atoms with Crippen molar-refractivity contribution in [3.05, 3.63) is 63.5 Å². The largest absolute Gasteiger partial charge is 0.462 e. The molecule has 1 aliphatic carbocycles. The summed E-state index contributed by atoms with van der Waals surface area (Å²) in [5, 5.41) is 2.75. The molecule has 0 radical (unpaired) electrons. The van der Waals surface area contributed by atoms with Crippen molar-refractivity contribution in [2.75, 3.05) is 6.61 Å². The quantitative estimate of drug-likeness (QED) is 0.364. The Morgan fingerprint density at radius 2 is 2.00 bits per heavy atom. The molecule has 26 heavy (non-hydrogen) atoms. The highest BCUT2D eigenvalue weighted by Gasteiger charge is 2.24. The van der Waals surface area contributed by atoms with Crippen LogP contribution in [-0.2, 0) is 17.6 Å². The molecule has 132 valence electrons. The molecule has 0 aliphatic heterocycles. The lowest BCUT2D eigenvalue weighted by Crippen LogP contribution is -2.12. The van der Waals surface area contributed by atoms with Crippen molar-refractivity contribution >= 4 is 34.0 Å². The van der Waals surface area contributed by atoms with Gasteiger partial charge in [-0.3, -0.25) is 9.78 Å². The molecule has 0 saturated heterocycles. The lowest BCUT2D eigenvalue weighted by Gasteiger charge is -2.12. The minimum atomic E-state index is -0.301. The van der Waals surface area contributed by atoms with Gasteiger partial charge in [-0.25, -0.2) is 4.79 Å². The number of carbonyl (C=O) groups is 2. The molecule has 4 rings (SSSR count). The predicted octanol–water partition coefficient (Wildman–Crippen LogP) is 4.60. The van der Waals surface area contributed by atoms with E-state index < -0.39 is 0 Å². The van der Waals surface area contributed by atoms with Crippen molar-refractivity contribution in [1.29, 1.82) is 0 Å². The smallest absolute Gasteiger partial charge is 0.339 e. The van der Waals surface area contributed by atoms with Gasteiger partial charge in [0.25, 0.3) is 0 Å². The molecule has 2 aromatic heterocycles. The Labute approximate surface area is 155 Å². The Bertz CT molecular complexity index is 963. The van der Waals surface area contributed by atoms with Crippen LogP contribution in [0.3, 0.4) is 0 Å². The zero-order chi connectivity index (χ0) is 17.9. The highest BCUT2D eigenvalue weighted by Crippen LogP contribution is 2.30. The van der Waals surface area contributed by atoms with Gasteiger partial charge in [-0.05, 0) is 48.8 Å². The van der Waals surface area contributed by atoms with E-state index in [1.807, 2.05) is 41.8 Å². The molecule has 0 N–H and O–H groups in total. The van der Waals surface area contributed by atoms with Crippen molar-refractivity contribution < 1.29 is 14.3 Å². The molecule has 0 bridgehead atoms. The number of pyridine rings is 1. The molecule has 1 aromatic carbocycles. The summed E-state index contributed by atoms with van der Waals surface area (Å²) in [6.07, 6.45) is 3.73. The number of para-hydroxylation sites is 1. The van der Waals surface area contributed by atoms with Crippen LogP contribution in [0.5, 0.6) is 0 Å². The highest BCUT2D eigenvalue weighted by atomic mass is 32.1. The average molecular weight is 365 g/mol. The van der Waals surface area contributed by atoms with Crippen molar-refractivity contribution in [2.45, 2.75) is 32.1 Å². The van der Waals surface area contributed by atoms with Crippen LogP contribution < -0.4 is 0 Å². The first-order chi connectivity index (χ1) is 12.7. The van der Waals surface area contributed by atoms with Crippen molar-refractivity contribution in [3.63, 3.8) is 0 Å². The standard InChI is InChI=1S/C21H19NO3S/c23-18(19-11-5-13-26-19)10-4-12-25-21(24)20-14-6-1-2-8-16(14)22-17-9-3-7-15(17)20/h1-2,5-6,8,11,13H,3-4,7,9-10,12H2. The van der Waals surface area contributed by atoms with Gasteiger partial charge in [0.1, 0.15) is 0 Å². The summed E-state index contributed by atoms with van der Waals surface area (Å²) in [7, 11) is 0. The molecular formula is C21H19NO3S. The molecule has 0 saturated carbocycles. The normalized spacial score (nSPS) is 12.9. The average Bonchev–Trinajstić information content (AvgIpc) is 3.34. The molecule has 0 atom stereocenters. The number of ketones is 1. The number of rotatable bonds is 6. The van der Waals surface area contributed by atoms with E-state index in [1.165, 1.54) is 11.3 Å². The summed E-state index contributed by atoms with van der Waals surface area (Å²) < 4.78 is 5.51. The minimum Gasteiger partial charge on any atom is -0.462 e. The lowest BCUT2D eigenvalue weighted by molar-refractivity contribution is 0.0495. The number of hydrogen-bond acceptors (Lipinski definition) is 5. The van der Waals surface area contributed by atoms with Gasteiger partial charge < -0.3 is 4.74 Å². The number of Topliss-reactive ketones (excluding diaryl/α,β-unsaturated/α-hetero) is 1. The van der Waals surface area contributed by atoms with Crippen molar-refractivity contribution in [3.8, 4) is 0 Å². The SMILES string of the molecule is O=C(CCCOC(=O)c1c2c(nc3ccccc13)CCC2)c1cccs1. The number of aryl methyl sites for hydroxylation is 1. The van der Waals surface area contributed by atoms with E-state index in [0.29, 0.717) is 18.4 Å². The summed E-state index contributed by atoms with van der Waals surface area (Å²) >= 11 is 1.44. The van der Waals surface area contributed by atoms with Gasteiger partial charge >= 0.3 is 5.97 Å². The summed E-state index contributed by atoms with van der Waals surface area (Å²) in [6.45, 7) is 0.251. The number of thiophene rings is 1. The van der Waals surface area contributed by atoms with E-state index in [9.17, 15) is 9.59 Å². The zero-order valence-electron chi connectivity index (χ0n) is 14.4. The van der Waals surface area contributed by atoms with Gasteiger partial charge in [-0.15, -0.1) is 11.3 Å². The lowest BCUT2D eigenvalue weighted by atomic mass is 10.0. The molecule has 0 fully saturated rings. The van der Waals surface area contributed by atoms with E-state index in [-0.39, 0.29) is 18.4 Å². The summed E-state index contributed by atoms with van der Waals surface area (Å²) in [5.74, 6) is -0.198. The number of fused-ring (bicyclic) bond motifs is 2. The Morgan fingerprint density at radius 3 is 2.85 bits per heavy atom. The number of aromatic nitrogens is 1. The molecule has 4 nitrogen and oxygen atoms in total. The van der Waals surface area contributed by atoms with Gasteiger partial charge in [0.2, 0.25) is 0 Å². The van der Waals surface area contributed by atoms with Crippen molar-refractivity contribution in [1.82, 2.24) is 4.98 Å². The molecule has 1 aliphatic rings. The molecule has 5 heteroatoms. The van der Waals surface area contributed by atoms with E-state index >= 15 is 0 Å². The molecule has 0 spiro atoms. The highest BCUT2D eigenvalue weighted by molar-refractivity contribution is 7.12. The van der Waals surface area contributed by atoms with Gasteiger partial charge in [0.05, 0.1) is 22.6 Å². The number of benzene rings is 1. The van der Waals surface area contributed by atoms with Crippen LogP contribution in [0.15, 0.2) is 41.8 Å². The second-order valence-electron chi connectivity index (χ2n) is 6.42. The molecule has 0 amide bonds. The first-order valence-corrected chi connectivity index (χ1v) is 9.76.